The Balaban J connectivity index is 2.36. The molecule has 0 N–H and O–H groups in total. The molecule has 0 fully saturated rings. The normalized spacial score (nSPS) is 11.3. The van der Waals surface area contributed by atoms with Gasteiger partial charge in [-0.3, -0.25) is 4.57 Å². The Morgan fingerprint density at radius 3 is 2.43 bits per heavy atom. The molecule has 0 aliphatic rings. The van der Waals surface area contributed by atoms with Crippen molar-refractivity contribution >= 4 is 73.4 Å². The quantitative estimate of drug-likeness (QED) is 0.339. The van der Waals surface area contributed by atoms with Gasteiger partial charge in [0.1, 0.15) is 5.82 Å². The van der Waals surface area contributed by atoms with Crippen LogP contribution in [-0.4, -0.2) is 9.55 Å². The maximum Gasteiger partial charge on any atom is 0.129 e. The summed E-state index contributed by atoms with van der Waals surface area (Å²) in [5.74, 6) is 0.938. The van der Waals surface area contributed by atoms with Crippen LogP contribution in [0.3, 0.4) is 0 Å². The van der Waals surface area contributed by atoms with Gasteiger partial charge < -0.3 is 0 Å². The molecular formula is C14H7BrCl4N2. The molecule has 0 radical (unpaired) electrons. The summed E-state index contributed by atoms with van der Waals surface area (Å²) in [6, 6.07) is 9.13. The lowest BCUT2D eigenvalue weighted by Gasteiger charge is -2.11. The largest absolute Gasteiger partial charge is 0.294 e. The number of nitrogens with zero attached hydrogens (tertiary/aromatic N) is 2. The Morgan fingerprint density at radius 2 is 1.71 bits per heavy atom. The third kappa shape index (κ3) is 2.78. The molecular weight excluding hydrogens is 418 g/mol. The number of fused-ring (bicyclic) bond motifs is 1. The Bertz CT molecular complexity index is 845. The second-order valence-corrected chi connectivity index (χ2v) is 6.75. The summed E-state index contributed by atoms with van der Waals surface area (Å²) in [6.45, 7) is 0. The van der Waals surface area contributed by atoms with Gasteiger partial charge >= 0.3 is 0 Å². The number of alkyl halides is 1. The number of benzene rings is 2. The topological polar surface area (TPSA) is 17.8 Å². The third-order valence-electron chi connectivity index (χ3n) is 3.04. The van der Waals surface area contributed by atoms with E-state index in [4.69, 9.17) is 46.4 Å². The first-order valence-corrected chi connectivity index (χ1v) is 8.35. The minimum absolute atomic E-state index is 0.253. The Kier molecular flexibility index (Phi) is 4.40. The Morgan fingerprint density at radius 1 is 1.00 bits per heavy atom. The zero-order chi connectivity index (χ0) is 15.1. The van der Waals surface area contributed by atoms with Gasteiger partial charge in [0.25, 0.3) is 0 Å². The SMILES string of the molecule is ClCc1nc2cc(Br)ccc2n1-c1cc(Cl)c(Cl)cc1Cl. The summed E-state index contributed by atoms with van der Waals surface area (Å²) in [7, 11) is 0. The highest BCUT2D eigenvalue weighted by Gasteiger charge is 2.16. The van der Waals surface area contributed by atoms with Crippen molar-refractivity contribution in [2.45, 2.75) is 5.88 Å². The van der Waals surface area contributed by atoms with E-state index in [1.54, 1.807) is 12.1 Å². The van der Waals surface area contributed by atoms with Gasteiger partial charge in [-0.25, -0.2) is 4.98 Å². The van der Waals surface area contributed by atoms with Gasteiger partial charge in [-0.15, -0.1) is 11.6 Å². The summed E-state index contributed by atoms with van der Waals surface area (Å²) in [6.07, 6.45) is 0. The first-order valence-electron chi connectivity index (χ1n) is 5.89. The van der Waals surface area contributed by atoms with Crippen LogP contribution in [0.15, 0.2) is 34.8 Å². The second kappa shape index (κ2) is 5.98. The minimum Gasteiger partial charge on any atom is -0.294 e. The monoisotopic (exact) mass is 422 g/mol. The maximum absolute atomic E-state index is 6.31. The van der Waals surface area contributed by atoms with Crippen molar-refractivity contribution in [1.29, 1.82) is 0 Å². The van der Waals surface area contributed by atoms with Crippen LogP contribution in [0, 0.1) is 0 Å². The first-order chi connectivity index (χ1) is 10.0. The van der Waals surface area contributed by atoms with Crippen molar-refractivity contribution in [3.05, 3.63) is 55.7 Å². The summed E-state index contributed by atoms with van der Waals surface area (Å²) in [5.41, 5.74) is 2.42. The van der Waals surface area contributed by atoms with Crippen molar-refractivity contribution in [3.8, 4) is 5.69 Å². The molecule has 1 heterocycles. The first kappa shape index (κ1) is 15.4. The third-order valence-corrected chi connectivity index (χ3v) is 4.79. The predicted molar refractivity (Wildman–Crippen MR) is 93.4 cm³/mol. The molecule has 0 amide bonds. The van der Waals surface area contributed by atoms with Crippen LogP contribution in [-0.2, 0) is 5.88 Å². The van der Waals surface area contributed by atoms with Crippen LogP contribution in [0.5, 0.6) is 0 Å². The van der Waals surface area contributed by atoms with Crippen molar-refractivity contribution in [2.24, 2.45) is 0 Å². The highest BCUT2D eigenvalue weighted by atomic mass is 79.9. The van der Waals surface area contributed by atoms with E-state index < -0.39 is 0 Å². The number of halogens is 5. The molecule has 1 aromatic heterocycles. The zero-order valence-electron chi connectivity index (χ0n) is 10.4. The van der Waals surface area contributed by atoms with Gasteiger partial charge in [0.15, 0.2) is 0 Å². The molecule has 0 saturated carbocycles. The van der Waals surface area contributed by atoms with Crippen molar-refractivity contribution in [2.75, 3.05) is 0 Å². The molecule has 0 saturated heterocycles. The molecule has 21 heavy (non-hydrogen) atoms. The predicted octanol–water partition coefficient (Wildman–Crippen LogP) is 6.49. The van der Waals surface area contributed by atoms with E-state index in [2.05, 4.69) is 20.9 Å². The van der Waals surface area contributed by atoms with Gasteiger partial charge in [-0.1, -0.05) is 50.7 Å². The molecule has 0 spiro atoms. The van der Waals surface area contributed by atoms with Crippen LogP contribution in [0.2, 0.25) is 15.1 Å². The minimum atomic E-state index is 0.253. The Labute approximate surface area is 149 Å². The van der Waals surface area contributed by atoms with E-state index in [9.17, 15) is 0 Å². The average molecular weight is 425 g/mol. The van der Waals surface area contributed by atoms with Crippen molar-refractivity contribution < 1.29 is 0 Å². The number of rotatable bonds is 2. The summed E-state index contributed by atoms with van der Waals surface area (Å²) in [4.78, 5) is 4.53. The molecule has 0 bridgehead atoms. The molecule has 0 unspecified atom stereocenters. The van der Waals surface area contributed by atoms with Crippen LogP contribution in [0.4, 0.5) is 0 Å². The maximum atomic E-state index is 6.31. The van der Waals surface area contributed by atoms with Gasteiger partial charge in [-0.2, -0.15) is 0 Å². The van der Waals surface area contributed by atoms with Crippen LogP contribution in [0.1, 0.15) is 5.82 Å². The van der Waals surface area contributed by atoms with Gasteiger partial charge in [-0.05, 0) is 30.3 Å². The zero-order valence-corrected chi connectivity index (χ0v) is 15.0. The van der Waals surface area contributed by atoms with Crippen LogP contribution >= 0.6 is 62.3 Å². The number of hydrogen-bond donors (Lipinski definition) is 0. The van der Waals surface area contributed by atoms with Crippen LogP contribution < -0.4 is 0 Å². The fourth-order valence-corrected chi connectivity index (χ4v) is 3.30. The van der Waals surface area contributed by atoms with Crippen LogP contribution in [0.25, 0.3) is 16.7 Å². The second-order valence-electron chi connectivity index (χ2n) is 4.35. The molecule has 108 valence electrons. The average Bonchev–Trinajstić information content (AvgIpc) is 2.80. The number of hydrogen-bond acceptors (Lipinski definition) is 1. The molecule has 2 nitrogen and oxygen atoms in total. The van der Waals surface area contributed by atoms with E-state index >= 15 is 0 Å². The van der Waals surface area contributed by atoms with Crippen molar-refractivity contribution in [3.63, 3.8) is 0 Å². The summed E-state index contributed by atoms with van der Waals surface area (Å²) in [5, 5.41) is 1.32. The van der Waals surface area contributed by atoms with E-state index in [0.717, 1.165) is 15.5 Å². The summed E-state index contributed by atoms with van der Waals surface area (Å²) >= 11 is 27.9. The molecule has 0 atom stereocenters. The van der Waals surface area contributed by atoms with E-state index in [1.165, 1.54) is 0 Å². The lowest BCUT2D eigenvalue weighted by atomic mass is 10.2. The lowest BCUT2D eigenvalue weighted by molar-refractivity contribution is 0.982. The highest BCUT2D eigenvalue weighted by Crippen LogP contribution is 2.34. The van der Waals surface area contributed by atoms with E-state index in [-0.39, 0.29) is 5.88 Å². The number of imidazole rings is 1. The molecule has 2 aromatic carbocycles. The fourth-order valence-electron chi connectivity index (χ4n) is 2.15. The molecule has 0 aliphatic heterocycles. The summed E-state index contributed by atoms with van der Waals surface area (Å²) < 4.78 is 2.83. The molecule has 7 heteroatoms. The van der Waals surface area contributed by atoms with Gasteiger partial charge in [0, 0.05) is 4.47 Å². The lowest BCUT2D eigenvalue weighted by Crippen LogP contribution is -2.00. The highest BCUT2D eigenvalue weighted by molar-refractivity contribution is 9.10. The molecule has 0 aliphatic carbocycles. The standard InChI is InChI=1S/C14H7BrCl4N2/c15-7-1-2-12-11(3-7)20-14(6-16)21(12)13-5-9(18)8(17)4-10(13)19/h1-5H,6H2. The molecule has 3 aromatic rings. The smallest absolute Gasteiger partial charge is 0.129 e. The Hall–Kier alpha value is -0.450. The van der Waals surface area contributed by atoms with E-state index in [0.29, 0.717) is 26.6 Å². The van der Waals surface area contributed by atoms with Gasteiger partial charge in [0.05, 0.1) is 37.7 Å². The molecule has 3 rings (SSSR count). The fraction of sp³-hybridized carbons (Fsp3) is 0.0714. The van der Waals surface area contributed by atoms with Gasteiger partial charge in [0.2, 0.25) is 0 Å². The van der Waals surface area contributed by atoms with E-state index in [1.807, 2.05) is 22.8 Å². The number of aromatic nitrogens is 2. The van der Waals surface area contributed by atoms with Crippen molar-refractivity contribution in [1.82, 2.24) is 9.55 Å².